The molecule has 1 aromatic heterocycles. The molecule has 0 radical (unpaired) electrons. The van der Waals surface area contributed by atoms with Crippen molar-refractivity contribution in [1.29, 1.82) is 0 Å². The summed E-state index contributed by atoms with van der Waals surface area (Å²) < 4.78 is 7.78. The summed E-state index contributed by atoms with van der Waals surface area (Å²) in [4.78, 5) is 10.8. The van der Waals surface area contributed by atoms with E-state index in [0.717, 1.165) is 42.5 Å². The maximum atomic E-state index is 10.8. The lowest BCUT2D eigenvalue weighted by Gasteiger charge is -2.06. The molecule has 0 fully saturated rings. The van der Waals surface area contributed by atoms with Gasteiger partial charge in [-0.05, 0) is 24.5 Å². The Bertz CT molecular complexity index is 589. The van der Waals surface area contributed by atoms with Crippen LogP contribution in [0.25, 0.3) is 10.9 Å². The van der Waals surface area contributed by atoms with Crippen LogP contribution in [0, 0.1) is 0 Å². The minimum Gasteiger partial charge on any atom is -0.481 e. The van der Waals surface area contributed by atoms with E-state index in [0.29, 0.717) is 13.0 Å². The molecule has 2 rings (SSSR count). The number of fused-ring (bicyclic) bond motifs is 1. The third-order valence-electron chi connectivity index (χ3n) is 3.60. The Hall–Kier alpha value is -1.81. The second-order valence-electron chi connectivity index (χ2n) is 5.22. The number of carboxylic acid groups (broad SMARTS) is 1. The van der Waals surface area contributed by atoms with E-state index in [2.05, 4.69) is 29.8 Å². The van der Waals surface area contributed by atoms with E-state index in [9.17, 15) is 4.79 Å². The number of para-hydroxylation sites is 1. The summed E-state index contributed by atoms with van der Waals surface area (Å²) in [6.45, 7) is 4.45. The van der Waals surface area contributed by atoms with Crippen molar-refractivity contribution in [3.8, 4) is 0 Å². The molecule has 1 heterocycles. The number of hydrogen-bond donors (Lipinski definition) is 1. The molecule has 0 aliphatic heterocycles. The van der Waals surface area contributed by atoms with E-state index in [-0.39, 0.29) is 6.42 Å². The van der Waals surface area contributed by atoms with Crippen molar-refractivity contribution in [2.45, 2.75) is 39.2 Å². The van der Waals surface area contributed by atoms with Crippen LogP contribution in [-0.2, 0) is 22.5 Å². The van der Waals surface area contributed by atoms with Crippen LogP contribution >= 0.6 is 0 Å². The molecule has 0 saturated heterocycles. The van der Waals surface area contributed by atoms with E-state index >= 15 is 0 Å². The number of ether oxygens (including phenoxy) is 1. The van der Waals surface area contributed by atoms with Crippen molar-refractivity contribution in [3.05, 3.63) is 36.0 Å². The molecule has 0 amide bonds. The Morgan fingerprint density at radius 2 is 2.10 bits per heavy atom. The number of hydrogen-bond acceptors (Lipinski definition) is 2. The maximum Gasteiger partial charge on any atom is 0.303 e. The lowest BCUT2D eigenvalue weighted by molar-refractivity contribution is -0.136. The van der Waals surface area contributed by atoms with Gasteiger partial charge < -0.3 is 14.4 Å². The van der Waals surface area contributed by atoms with E-state index in [1.165, 1.54) is 0 Å². The molecule has 0 aliphatic carbocycles. The first-order valence-electron chi connectivity index (χ1n) is 7.58. The highest BCUT2D eigenvalue weighted by Gasteiger charge is 2.09. The average Bonchev–Trinajstić information content (AvgIpc) is 2.83. The fraction of sp³-hybridized carbons (Fsp3) is 0.471. The fourth-order valence-corrected chi connectivity index (χ4v) is 2.46. The van der Waals surface area contributed by atoms with Gasteiger partial charge in [-0.1, -0.05) is 31.5 Å². The van der Waals surface area contributed by atoms with Crippen molar-refractivity contribution in [3.63, 3.8) is 0 Å². The molecule has 0 aliphatic rings. The molecule has 0 unspecified atom stereocenters. The predicted octanol–water partition coefficient (Wildman–Crippen LogP) is 3.48. The highest BCUT2D eigenvalue weighted by molar-refractivity contribution is 5.84. The zero-order valence-corrected chi connectivity index (χ0v) is 12.5. The van der Waals surface area contributed by atoms with Crippen molar-refractivity contribution < 1.29 is 14.6 Å². The first-order valence-corrected chi connectivity index (χ1v) is 7.58. The molecule has 1 aromatic carbocycles. The van der Waals surface area contributed by atoms with Gasteiger partial charge in [0.25, 0.3) is 0 Å². The summed E-state index contributed by atoms with van der Waals surface area (Å²) in [5, 5.41) is 10.00. The van der Waals surface area contributed by atoms with Gasteiger partial charge in [-0.15, -0.1) is 0 Å². The minimum absolute atomic E-state index is 0.168. The number of benzene rings is 1. The fourth-order valence-electron chi connectivity index (χ4n) is 2.46. The van der Waals surface area contributed by atoms with Crippen LogP contribution in [0.5, 0.6) is 0 Å². The highest BCUT2D eigenvalue weighted by atomic mass is 16.5. The number of carboxylic acids is 1. The van der Waals surface area contributed by atoms with Crippen LogP contribution in [0.3, 0.4) is 0 Å². The van der Waals surface area contributed by atoms with Gasteiger partial charge in [0.05, 0.1) is 6.61 Å². The molecule has 2 aromatic rings. The molecule has 0 saturated carbocycles. The zero-order valence-electron chi connectivity index (χ0n) is 12.5. The number of aryl methyl sites for hydroxylation is 1. The third kappa shape index (κ3) is 4.33. The van der Waals surface area contributed by atoms with Crippen LogP contribution in [-0.4, -0.2) is 28.9 Å². The molecule has 114 valence electrons. The first-order chi connectivity index (χ1) is 10.2. The van der Waals surface area contributed by atoms with Crippen molar-refractivity contribution in [2.75, 3.05) is 13.2 Å². The van der Waals surface area contributed by atoms with E-state index in [1.54, 1.807) is 0 Å². The van der Waals surface area contributed by atoms with Gasteiger partial charge in [-0.3, -0.25) is 4.79 Å². The molecule has 0 bridgehead atoms. The van der Waals surface area contributed by atoms with Crippen molar-refractivity contribution >= 4 is 16.9 Å². The Kier molecular flexibility index (Phi) is 5.81. The molecule has 1 N–H and O–H groups in total. The van der Waals surface area contributed by atoms with E-state index < -0.39 is 5.97 Å². The normalized spacial score (nSPS) is 11.1. The van der Waals surface area contributed by atoms with Gasteiger partial charge >= 0.3 is 5.97 Å². The zero-order chi connectivity index (χ0) is 15.1. The lowest BCUT2D eigenvalue weighted by atomic mass is 10.1. The van der Waals surface area contributed by atoms with Crippen LogP contribution in [0.1, 0.15) is 31.7 Å². The third-order valence-corrected chi connectivity index (χ3v) is 3.60. The Labute approximate surface area is 125 Å². The van der Waals surface area contributed by atoms with Crippen LogP contribution in [0.15, 0.2) is 30.5 Å². The summed E-state index contributed by atoms with van der Waals surface area (Å²) in [5.41, 5.74) is 2.25. The monoisotopic (exact) mass is 289 g/mol. The first kappa shape index (κ1) is 15.6. The standard InChI is InChI=1S/C17H23NO3/c1-2-3-11-21-12-10-18-13-14(8-9-17(19)20)15-6-4-5-7-16(15)18/h4-7,13H,2-3,8-12H2,1H3,(H,19,20). The molecular formula is C17H23NO3. The topological polar surface area (TPSA) is 51.5 Å². The van der Waals surface area contributed by atoms with Crippen LogP contribution in [0.4, 0.5) is 0 Å². The van der Waals surface area contributed by atoms with Gasteiger partial charge in [-0.25, -0.2) is 0 Å². The summed E-state index contributed by atoms with van der Waals surface area (Å²) in [6, 6.07) is 8.14. The van der Waals surface area contributed by atoms with Crippen LogP contribution in [0.2, 0.25) is 0 Å². The predicted molar refractivity (Wildman–Crippen MR) is 83.6 cm³/mol. The van der Waals surface area contributed by atoms with Gasteiger partial charge in [0.2, 0.25) is 0 Å². The van der Waals surface area contributed by atoms with E-state index in [4.69, 9.17) is 9.84 Å². The minimum atomic E-state index is -0.755. The Balaban J connectivity index is 2.06. The number of nitrogens with zero attached hydrogens (tertiary/aromatic N) is 1. The molecular weight excluding hydrogens is 266 g/mol. The Morgan fingerprint density at radius 1 is 1.29 bits per heavy atom. The molecule has 4 nitrogen and oxygen atoms in total. The second kappa shape index (κ2) is 7.84. The highest BCUT2D eigenvalue weighted by Crippen LogP contribution is 2.22. The molecule has 4 heteroatoms. The van der Waals surface area contributed by atoms with Crippen molar-refractivity contribution in [1.82, 2.24) is 4.57 Å². The van der Waals surface area contributed by atoms with Crippen LogP contribution < -0.4 is 0 Å². The second-order valence-corrected chi connectivity index (χ2v) is 5.22. The number of unbranched alkanes of at least 4 members (excludes halogenated alkanes) is 1. The molecule has 21 heavy (non-hydrogen) atoms. The SMILES string of the molecule is CCCCOCCn1cc(CCC(=O)O)c2ccccc21. The van der Waals surface area contributed by atoms with Gasteiger partial charge in [-0.2, -0.15) is 0 Å². The Morgan fingerprint density at radius 3 is 2.86 bits per heavy atom. The summed E-state index contributed by atoms with van der Waals surface area (Å²) in [6.07, 6.45) is 5.04. The maximum absolute atomic E-state index is 10.8. The quantitative estimate of drug-likeness (QED) is 0.719. The summed E-state index contributed by atoms with van der Waals surface area (Å²) in [5.74, 6) is -0.755. The molecule has 0 atom stereocenters. The largest absolute Gasteiger partial charge is 0.481 e. The van der Waals surface area contributed by atoms with Crippen molar-refractivity contribution in [2.24, 2.45) is 0 Å². The lowest BCUT2D eigenvalue weighted by Crippen LogP contribution is -2.05. The summed E-state index contributed by atoms with van der Waals surface area (Å²) in [7, 11) is 0. The van der Waals surface area contributed by atoms with E-state index in [1.807, 2.05) is 12.1 Å². The van der Waals surface area contributed by atoms with Gasteiger partial charge in [0, 0.05) is 36.7 Å². The average molecular weight is 289 g/mol. The number of rotatable bonds is 9. The smallest absolute Gasteiger partial charge is 0.303 e. The number of aliphatic carboxylic acids is 1. The summed E-state index contributed by atoms with van der Waals surface area (Å²) >= 11 is 0. The number of carbonyl (C=O) groups is 1. The van der Waals surface area contributed by atoms with Gasteiger partial charge in [0.1, 0.15) is 0 Å². The number of aromatic nitrogens is 1. The van der Waals surface area contributed by atoms with Gasteiger partial charge in [0.15, 0.2) is 0 Å². The molecule has 0 spiro atoms.